The van der Waals surface area contributed by atoms with Crippen LogP contribution in [0.25, 0.3) is 0 Å². The van der Waals surface area contributed by atoms with Crippen molar-refractivity contribution in [1.29, 1.82) is 0 Å². The van der Waals surface area contributed by atoms with E-state index in [2.05, 4.69) is 37.9 Å². The van der Waals surface area contributed by atoms with Crippen LogP contribution in [0.4, 0.5) is 0 Å². The van der Waals surface area contributed by atoms with Gasteiger partial charge in [-0.2, -0.15) is 0 Å². The van der Waals surface area contributed by atoms with Crippen LogP contribution in [0.5, 0.6) is 0 Å². The predicted molar refractivity (Wildman–Crippen MR) is 76.6 cm³/mol. The minimum atomic E-state index is -2.77. The van der Waals surface area contributed by atoms with E-state index in [1.165, 1.54) is 0 Å². The minimum Gasteiger partial charge on any atom is -0.312 e. The lowest BCUT2D eigenvalue weighted by molar-refractivity contribution is 0.219. The molecule has 0 amide bonds. The highest BCUT2D eigenvalue weighted by Gasteiger charge is 2.30. The van der Waals surface area contributed by atoms with Crippen molar-refractivity contribution in [3.05, 3.63) is 0 Å². The summed E-state index contributed by atoms with van der Waals surface area (Å²) in [5.74, 6) is 1.22. The molecule has 1 aliphatic rings. The molecule has 0 bridgehead atoms. The third-order valence-corrected chi connectivity index (χ3v) is 5.16. The summed E-state index contributed by atoms with van der Waals surface area (Å²) in [4.78, 5) is 2.21. The molecule has 1 aliphatic heterocycles. The van der Waals surface area contributed by atoms with Gasteiger partial charge in [-0.3, -0.25) is 0 Å². The van der Waals surface area contributed by atoms with E-state index in [1.807, 2.05) is 7.05 Å². The van der Waals surface area contributed by atoms with Crippen LogP contribution in [0.1, 0.15) is 34.1 Å². The lowest BCUT2D eigenvalue weighted by Gasteiger charge is -2.29. The van der Waals surface area contributed by atoms with Crippen molar-refractivity contribution in [1.82, 2.24) is 10.2 Å². The van der Waals surface area contributed by atoms with Gasteiger partial charge < -0.3 is 10.2 Å². The first-order valence-corrected chi connectivity index (χ1v) is 8.57. The number of rotatable bonds is 5. The maximum Gasteiger partial charge on any atom is 0.151 e. The Morgan fingerprint density at radius 2 is 2.00 bits per heavy atom. The first kappa shape index (κ1) is 15.9. The van der Waals surface area contributed by atoms with E-state index < -0.39 is 9.84 Å². The standard InChI is InChI=1S/C13H28N2O2S/c1-11(8-14-13(2,3)4)9-15(5)12-6-7-18(16,17)10-12/h11-12,14H,6-10H2,1-5H3. The van der Waals surface area contributed by atoms with Gasteiger partial charge >= 0.3 is 0 Å². The first-order valence-electron chi connectivity index (χ1n) is 6.75. The molecule has 0 saturated carbocycles. The summed E-state index contributed by atoms with van der Waals surface area (Å²) >= 11 is 0. The molecular formula is C13H28N2O2S. The normalized spacial score (nSPS) is 25.6. The summed E-state index contributed by atoms with van der Waals surface area (Å²) in [5, 5.41) is 3.49. The molecule has 1 N–H and O–H groups in total. The quantitative estimate of drug-likeness (QED) is 0.818. The van der Waals surface area contributed by atoms with Gasteiger partial charge in [0, 0.05) is 18.1 Å². The highest BCUT2D eigenvalue weighted by Crippen LogP contribution is 2.17. The van der Waals surface area contributed by atoms with Crippen molar-refractivity contribution >= 4 is 9.84 Å². The van der Waals surface area contributed by atoms with Gasteiger partial charge in [0.2, 0.25) is 0 Å². The zero-order valence-corrected chi connectivity index (χ0v) is 13.2. The summed E-state index contributed by atoms with van der Waals surface area (Å²) in [6, 6.07) is 0.215. The maximum absolute atomic E-state index is 11.4. The highest BCUT2D eigenvalue weighted by molar-refractivity contribution is 7.91. The summed E-state index contributed by atoms with van der Waals surface area (Å²) in [6.45, 7) is 10.6. The highest BCUT2D eigenvalue weighted by atomic mass is 32.2. The number of sulfone groups is 1. The van der Waals surface area contributed by atoms with E-state index >= 15 is 0 Å². The van der Waals surface area contributed by atoms with Gasteiger partial charge in [-0.05, 0) is 46.7 Å². The SMILES string of the molecule is CC(CNC(C)(C)C)CN(C)C1CCS(=O)(=O)C1. The van der Waals surface area contributed by atoms with Crippen LogP contribution in [-0.2, 0) is 9.84 Å². The van der Waals surface area contributed by atoms with Crippen molar-refractivity contribution in [2.75, 3.05) is 31.6 Å². The predicted octanol–water partition coefficient (Wildman–Crippen LogP) is 1.13. The second-order valence-electron chi connectivity index (χ2n) is 6.73. The molecule has 4 nitrogen and oxygen atoms in total. The second kappa shape index (κ2) is 5.88. The van der Waals surface area contributed by atoms with Crippen molar-refractivity contribution < 1.29 is 8.42 Å². The molecule has 0 aromatic heterocycles. The molecule has 2 unspecified atom stereocenters. The van der Waals surface area contributed by atoms with E-state index in [-0.39, 0.29) is 11.6 Å². The Kier molecular flexibility index (Phi) is 5.21. The molecule has 2 atom stereocenters. The van der Waals surface area contributed by atoms with Gasteiger partial charge in [0.1, 0.15) is 0 Å². The third kappa shape index (κ3) is 5.67. The smallest absolute Gasteiger partial charge is 0.151 e. The Hall–Kier alpha value is -0.130. The fourth-order valence-electron chi connectivity index (χ4n) is 2.31. The zero-order chi connectivity index (χ0) is 14.0. The Morgan fingerprint density at radius 3 is 2.44 bits per heavy atom. The van der Waals surface area contributed by atoms with Crippen LogP contribution in [-0.4, -0.2) is 56.5 Å². The van der Waals surface area contributed by atoms with E-state index in [0.29, 0.717) is 17.4 Å². The van der Waals surface area contributed by atoms with Crippen molar-refractivity contribution in [3.63, 3.8) is 0 Å². The second-order valence-corrected chi connectivity index (χ2v) is 8.96. The molecule has 1 heterocycles. The van der Waals surface area contributed by atoms with Gasteiger partial charge in [-0.25, -0.2) is 8.42 Å². The molecule has 108 valence electrons. The number of hydrogen-bond donors (Lipinski definition) is 1. The number of hydrogen-bond acceptors (Lipinski definition) is 4. The summed E-state index contributed by atoms with van der Waals surface area (Å²) in [6.07, 6.45) is 0.790. The molecule has 0 aromatic carbocycles. The average Bonchev–Trinajstić information content (AvgIpc) is 2.55. The first-order chi connectivity index (χ1) is 8.09. The molecule has 0 aliphatic carbocycles. The Labute approximate surface area is 112 Å². The third-order valence-electron chi connectivity index (χ3n) is 3.41. The molecular weight excluding hydrogens is 248 g/mol. The Balaban J connectivity index is 2.34. The van der Waals surface area contributed by atoms with Crippen molar-refractivity contribution in [2.24, 2.45) is 5.92 Å². The molecule has 1 saturated heterocycles. The van der Waals surface area contributed by atoms with Crippen molar-refractivity contribution in [2.45, 2.75) is 45.7 Å². The van der Waals surface area contributed by atoms with E-state index in [4.69, 9.17) is 0 Å². The molecule has 5 heteroatoms. The van der Waals surface area contributed by atoms with E-state index in [1.54, 1.807) is 0 Å². The summed E-state index contributed by atoms with van der Waals surface area (Å²) < 4.78 is 22.9. The van der Waals surface area contributed by atoms with Crippen LogP contribution in [0.15, 0.2) is 0 Å². The molecule has 18 heavy (non-hydrogen) atoms. The largest absolute Gasteiger partial charge is 0.312 e. The van der Waals surface area contributed by atoms with Gasteiger partial charge in [-0.15, -0.1) is 0 Å². The lowest BCUT2D eigenvalue weighted by atomic mass is 10.1. The van der Waals surface area contributed by atoms with Crippen LogP contribution >= 0.6 is 0 Å². The molecule has 0 radical (unpaired) electrons. The van der Waals surface area contributed by atoms with Crippen molar-refractivity contribution in [3.8, 4) is 0 Å². The van der Waals surface area contributed by atoms with Crippen LogP contribution in [0.2, 0.25) is 0 Å². The summed E-state index contributed by atoms with van der Waals surface area (Å²) in [5.41, 5.74) is 0.142. The fraction of sp³-hybridized carbons (Fsp3) is 1.00. The lowest BCUT2D eigenvalue weighted by Crippen LogP contribution is -2.43. The van der Waals surface area contributed by atoms with Gasteiger partial charge in [0.25, 0.3) is 0 Å². The average molecular weight is 276 g/mol. The molecule has 0 aromatic rings. The minimum absolute atomic E-state index is 0.142. The zero-order valence-electron chi connectivity index (χ0n) is 12.4. The summed E-state index contributed by atoms with van der Waals surface area (Å²) in [7, 11) is -0.728. The van der Waals surface area contributed by atoms with E-state index in [0.717, 1.165) is 19.5 Å². The molecule has 0 spiro atoms. The fourth-order valence-corrected chi connectivity index (χ4v) is 4.11. The van der Waals surface area contributed by atoms with Crippen LogP contribution in [0, 0.1) is 5.92 Å². The van der Waals surface area contributed by atoms with Crippen LogP contribution in [0.3, 0.4) is 0 Å². The number of nitrogens with one attached hydrogen (secondary N) is 1. The molecule has 1 fully saturated rings. The molecule has 1 rings (SSSR count). The van der Waals surface area contributed by atoms with Gasteiger partial charge in [-0.1, -0.05) is 6.92 Å². The maximum atomic E-state index is 11.4. The Morgan fingerprint density at radius 1 is 1.39 bits per heavy atom. The van der Waals surface area contributed by atoms with E-state index in [9.17, 15) is 8.42 Å². The Bertz CT molecular complexity index is 360. The monoisotopic (exact) mass is 276 g/mol. The van der Waals surface area contributed by atoms with Gasteiger partial charge in [0.05, 0.1) is 11.5 Å². The number of nitrogens with zero attached hydrogens (tertiary/aromatic N) is 1. The van der Waals surface area contributed by atoms with Gasteiger partial charge in [0.15, 0.2) is 9.84 Å². The van der Waals surface area contributed by atoms with Crippen LogP contribution < -0.4 is 5.32 Å². The topological polar surface area (TPSA) is 49.4 Å².